The van der Waals surface area contributed by atoms with Crippen LogP contribution in [-0.4, -0.2) is 31.9 Å². The Bertz CT molecular complexity index is 710. The molecule has 0 radical (unpaired) electrons. The second kappa shape index (κ2) is 5.57. The number of hydrogen-bond acceptors (Lipinski definition) is 3. The van der Waals surface area contributed by atoms with E-state index in [4.69, 9.17) is 0 Å². The molecule has 1 spiro atoms. The van der Waals surface area contributed by atoms with Crippen LogP contribution >= 0.6 is 0 Å². The van der Waals surface area contributed by atoms with Crippen molar-refractivity contribution in [3.05, 3.63) is 29.3 Å². The zero-order valence-electron chi connectivity index (χ0n) is 13.8. The smallest absolute Gasteiger partial charge is 0.243 e. The van der Waals surface area contributed by atoms with E-state index in [1.807, 2.05) is 22.5 Å². The summed E-state index contributed by atoms with van der Waals surface area (Å²) in [6, 6.07) is 5.90. The molecule has 5 heteroatoms. The molecule has 0 bridgehead atoms. The van der Waals surface area contributed by atoms with Gasteiger partial charge >= 0.3 is 0 Å². The van der Waals surface area contributed by atoms with Crippen LogP contribution in [0.15, 0.2) is 23.1 Å². The molecule has 1 aromatic carbocycles. The third-order valence-electron chi connectivity index (χ3n) is 6.12. The second-order valence-corrected chi connectivity index (χ2v) is 9.42. The van der Waals surface area contributed by atoms with E-state index >= 15 is 0 Å². The van der Waals surface area contributed by atoms with Gasteiger partial charge in [-0.15, -0.1) is 0 Å². The van der Waals surface area contributed by atoms with Gasteiger partial charge in [0.05, 0.1) is 4.90 Å². The van der Waals surface area contributed by atoms with E-state index in [9.17, 15) is 8.42 Å². The molecule has 1 saturated carbocycles. The van der Waals surface area contributed by atoms with Gasteiger partial charge in [0.1, 0.15) is 0 Å². The summed E-state index contributed by atoms with van der Waals surface area (Å²) in [5, 5.41) is 3.33. The molecule has 4 rings (SSSR count). The first-order chi connectivity index (χ1) is 11.0. The minimum atomic E-state index is -3.38. The normalized spacial score (nSPS) is 26.9. The Labute approximate surface area is 139 Å². The molecule has 1 atom stereocenters. The van der Waals surface area contributed by atoms with Crippen LogP contribution in [0, 0.1) is 5.41 Å². The topological polar surface area (TPSA) is 49.4 Å². The van der Waals surface area contributed by atoms with Crippen LogP contribution in [0.1, 0.15) is 50.2 Å². The van der Waals surface area contributed by atoms with Crippen LogP contribution in [0.5, 0.6) is 0 Å². The van der Waals surface area contributed by atoms with Gasteiger partial charge in [0.2, 0.25) is 10.0 Å². The van der Waals surface area contributed by atoms with Gasteiger partial charge in [-0.1, -0.05) is 19.4 Å². The third-order valence-corrected chi connectivity index (χ3v) is 8.02. The number of hydrogen-bond donors (Lipinski definition) is 1. The molecule has 2 heterocycles. The van der Waals surface area contributed by atoms with Gasteiger partial charge < -0.3 is 5.32 Å². The van der Waals surface area contributed by atoms with Crippen LogP contribution in [0.25, 0.3) is 0 Å². The number of benzene rings is 1. The third kappa shape index (κ3) is 2.53. The Kier molecular flexibility index (Phi) is 3.78. The fraction of sp³-hybridized carbons (Fsp3) is 0.667. The quantitative estimate of drug-likeness (QED) is 0.924. The summed E-state index contributed by atoms with van der Waals surface area (Å²) in [4.78, 5) is 0.481. The Hall–Kier alpha value is -0.910. The molecule has 3 aliphatic rings. The number of rotatable bonds is 3. The average Bonchev–Trinajstić information content (AvgIpc) is 2.95. The van der Waals surface area contributed by atoms with Crippen molar-refractivity contribution in [2.45, 2.75) is 62.9 Å². The largest absolute Gasteiger partial charge is 0.312 e. The van der Waals surface area contributed by atoms with E-state index in [1.165, 1.54) is 24.8 Å². The van der Waals surface area contributed by atoms with Gasteiger partial charge in [-0.3, -0.25) is 0 Å². The summed E-state index contributed by atoms with van der Waals surface area (Å²) in [6.45, 7) is 4.59. The van der Waals surface area contributed by atoms with Crippen LogP contribution in [0.3, 0.4) is 0 Å². The van der Waals surface area contributed by atoms with Crippen molar-refractivity contribution in [1.82, 2.24) is 9.62 Å². The highest BCUT2D eigenvalue weighted by Gasteiger charge is 2.50. The lowest BCUT2D eigenvalue weighted by atomic mass is 9.67. The molecule has 1 saturated heterocycles. The zero-order chi connectivity index (χ0) is 16.1. The molecule has 23 heavy (non-hydrogen) atoms. The predicted octanol–water partition coefficient (Wildman–Crippen LogP) is 2.68. The Morgan fingerprint density at radius 1 is 1.30 bits per heavy atom. The monoisotopic (exact) mass is 334 g/mol. The van der Waals surface area contributed by atoms with Crippen molar-refractivity contribution < 1.29 is 8.42 Å². The van der Waals surface area contributed by atoms with Gasteiger partial charge in [-0.05, 0) is 67.3 Å². The molecular formula is C18H26N2O2S. The van der Waals surface area contributed by atoms with Crippen molar-refractivity contribution in [3.8, 4) is 0 Å². The summed E-state index contributed by atoms with van der Waals surface area (Å²) < 4.78 is 28.3. The molecule has 4 nitrogen and oxygen atoms in total. The molecule has 0 amide bonds. The molecule has 126 valence electrons. The fourth-order valence-electron chi connectivity index (χ4n) is 4.55. The minimum absolute atomic E-state index is 0.175. The first kappa shape index (κ1) is 15.6. The highest BCUT2D eigenvalue weighted by molar-refractivity contribution is 7.89. The van der Waals surface area contributed by atoms with Crippen molar-refractivity contribution in [2.24, 2.45) is 5.41 Å². The lowest BCUT2D eigenvalue weighted by molar-refractivity contribution is 0.152. The van der Waals surface area contributed by atoms with Crippen LogP contribution in [0.4, 0.5) is 0 Å². The Morgan fingerprint density at radius 3 is 2.83 bits per heavy atom. The van der Waals surface area contributed by atoms with Crippen molar-refractivity contribution in [1.29, 1.82) is 0 Å². The molecular weight excluding hydrogens is 308 g/mol. The standard InChI is InChI=1S/C18H26N2O2S/c1-2-16-11-18(7-3-8-18)13-20(16)23(21,22)17-5-4-14-6-9-19-12-15(14)10-17/h4-5,10,16,19H,2-3,6-9,11-13H2,1H3. The number of nitrogens with zero attached hydrogens (tertiary/aromatic N) is 1. The van der Waals surface area contributed by atoms with Gasteiger partial charge in [0.25, 0.3) is 0 Å². The predicted molar refractivity (Wildman–Crippen MR) is 90.7 cm³/mol. The lowest BCUT2D eigenvalue weighted by Crippen LogP contribution is -2.38. The Morgan fingerprint density at radius 2 is 2.13 bits per heavy atom. The maximum absolute atomic E-state index is 13.2. The van der Waals surface area contributed by atoms with E-state index in [1.54, 1.807) is 0 Å². The first-order valence-electron chi connectivity index (χ1n) is 8.88. The van der Waals surface area contributed by atoms with Crippen LogP contribution in [0.2, 0.25) is 0 Å². The van der Waals surface area contributed by atoms with Gasteiger partial charge in [-0.25, -0.2) is 8.42 Å². The van der Waals surface area contributed by atoms with E-state index < -0.39 is 10.0 Å². The van der Waals surface area contributed by atoms with Crippen LogP contribution < -0.4 is 5.32 Å². The minimum Gasteiger partial charge on any atom is -0.312 e. The van der Waals surface area contributed by atoms with E-state index in [0.717, 1.165) is 44.5 Å². The molecule has 1 aromatic rings. The maximum Gasteiger partial charge on any atom is 0.243 e. The summed E-state index contributed by atoms with van der Waals surface area (Å²) in [5.41, 5.74) is 2.71. The summed E-state index contributed by atoms with van der Waals surface area (Å²) in [6.07, 6.45) is 6.60. The number of fused-ring (bicyclic) bond motifs is 1. The molecule has 1 unspecified atom stereocenters. The highest BCUT2D eigenvalue weighted by atomic mass is 32.2. The Balaban J connectivity index is 1.67. The lowest BCUT2D eigenvalue weighted by Gasteiger charge is -2.38. The van der Waals surface area contributed by atoms with Gasteiger partial charge in [-0.2, -0.15) is 4.31 Å². The van der Waals surface area contributed by atoms with Gasteiger partial charge in [0, 0.05) is 19.1 Å². The van der Waals surface area contributed by atoms with Crippen molar-refractivity contribution in [3.63, 3.8) is 0 Å². The SMILES string of the molecule is CCC1CC2(CCC2)CN1S(=O)(=O)c1ccc2c(c1)CNCC2. The molecule has 1 aliphatic carbocycles. The number of sulfonamides is 1. The van der Waals surface area contributed by atoms with E-state index in [0.29, 0.717) is 4.90 Å². The molecule has 2 fully saturated rings. The summed E-state index contributed by atoms with van der Waals surface area (Å²) in [7, 11) is -3.38. The number of nitrogens with one attached hydrogen (secondary N) is 1. The van der Waals surface area contributed by atoms with Crippen LogP contribution in [-0.2, 0) is 23.0 Å². The van der Waals surface area contributed by atoms with Gasteiger partial charge in [0.15, 0.2) is 0 Å². The van der Waals surface area contributed by atoms with E-state index in [2.05, 4.69) is 12.2 Å². The van der Waals surface area contributed by atoms with Crippen molar-refractivity contribution in [2.75, 3.05) is 13.1 Å². The molecule has 0 aromatic heterocycles. The fourth-order valence-corrected chi connectivity index (χ4v) is 6.41. The second-order valence-electron chi connectivity index (χ2n) is 7.53. The first-order valence-corrected chi connectivity index (χ1v) is 10.3. The summed E-state index contributed by atoms with van der Waals surface area (Å²) in [5.74, 6) is 0. The summed E-state index contributed by atoms with van der Waals surface area (Å²) >= 11 is 0. The molecule has 1 N–H and O–H groups in total. The zero-order valence-corrected chi connectivity index (χ0v) is 14.7. The maximum atomic E-state index is 13.2. The molecule has 2 aliphatic heterocycles. The van der Waals surface area contributed by atoms with E-state index in [-0.39, 0.29) is 11.5 Å². The van der Waals surface area contributed by atoms with Crippen molar-refractivity contribution >= 4 is 10.0 Å². The average molecular weight is 334 g/mol. The highest BCUT2D eigenvalue weighted by Crippen LogP contribution is 2.52.